The van der Waals surface area contributed by atoms with Crippen LogP contribution in [0.4, 0.5) is 23.4 Å². The lowest BCUT2D eigenvalue weighted by molar-refractivity contribution is -0.274. The van der Waals surface area contributed by atoms with Crippen LogP contribution in [0.25, 0.3) is 11.3 Å². The summed E-state index contributed by atoms with van der Waals surface area (Å²) in [4.78, 5) is 21.5. The second-order valence-electron chi connectivity index (χ2n) is 9.10. The Morgan fingerprint density at radius 1 is 1.13 bits per heavy atom. The van der Waals surface area contributed by atoms with Gasteiger partial charge in [-0.3, -0.25) is 4.79 Å². The van der Waals surface area contributed by atoms with Crippen LogP contribution in [-0.4, -0.2) is 29.2 Å². The Hall–Kier alpha value is -3.23. The zero-order chi connectivity index (χ0) is 29.0. The Labute approximate surface area is 223 Å². The minimum absolute atomic E-state index is 0.227. The molecular weight excluding hydrogens is 498 g/mol. The molecule has 0 radical (unpaired) electrons. The van der Waals surface area contributed by atoms with E-state index >= 15 is 0 Å². The first-order valence-corrected chi connectivity index (χ1v) is 12.7. The van der Waals surface area contributed by atoms with E-state index in [2.05, 4.69) is 45.2 Å². The van der Waals surface area contributed by atoms with E-state index in [1.165, 1.54) is 17.7 Å². The van der Waals surface area contributed by atoms with Gasteiger partial charge in [-0.1, -0.05) is 45.8 Å². The summed E-state index contributed by atoms with van der Waals surface area (Å²) in [5, 5.41) is 0. The Kier molecular flexibility index (Phi) is 13.2. The molecule has 1 atom stereocenters. The van der Waals surface area contributed by atoms with E-state index in [0.717, 1.165) is 67.5 Å². The summed E-state index contributed by atoms with van der Waals surface area (Å²) in [6.07, 6.45) is 2.40. The van der Waals surface area contributed by atoms with Gasteiger partial charge in [-0.2, -0.15) is 0 Å². The van der Waals surface area contributed by atoms with Crippen LogP contribution >= 0.6 is 0 Å². The number of hydrogen-bond acceptors (Lipinski definition) is 5. The Bertz CT molecular complexity index is 1080. The van der Waals surface area contributed by atoms with Crippen molar-refractivity contribution in [2.75, 3.05) is 11.9 Å². The molecule has 0 spiro atoms. The van der Waals surface area contributed by atoms with Crippen molar-refractivity contribution >= 4 is 11.6 Å². The summed E-state index contributed by atoms with van der Waals surface area (Å²) >= 11 is 0. The van der Waals surface area contributed by atoms with E-state index in [-0.39, 0.29) is 11.7 Å². The predicted octanol–water partition coefficient (Wildman–Crippen LogP) is 8.84. The second kappa shape index (κ2) is 15.2. The van der Waals surface area contributed by atoms with Crippen LogP contribution in [-0.2, 0) is 4.79 Å². The van der Waals surface area contributed by atoms with Gasteiger partial charge in [-0.15, -0.1) is 13.2 Å². The van der Waals surface area contributed by atoms with Gasteiger partial charge >= 0.3 is 6.36 Å². The molecule has 5 nitrogen and oxygen atoms in total. The second-order valence-corrected chi connectivity index (χ2v) is 9.10. The number of alkyl halides is 3. The van der Waals surface area contributed by atoms with Crippen LogP contribution in [0, 0.1) is 6.92 Å². The number of hydrogen-bond donors (Lipinski definition) is 0. The van der Waals surface area contributed by atoms with E-state index in [4.69, 9.17) is 9.97 Å². The summed E-state index contributed by atoms with van der Waals surface area (Å²) in [5.41, 5.74) is 3.57. The van der Waals surface area contributed by atoms with Crippen molar-refractivity contribution in [1.82, 2.24) is 9.97 Å². The quantitative estimate of drug-likeness (QED) is 0.212. The smallest absolute Gasteiger partial charge is 0.406 e. The SMILES string of the molecule is C=C(F)C(C)=O.CCCCC(CC)c1nc(-c2ccc(OC(F)(F)F)cc2)c(C)c(N(C)/C=C(\C)CC)n1. The van der Waals surface area contributed by atoms with Crippen LogP contribution in [0.3, 0.4) is 0 Å². The maximum Gasteiger partial charge on any atom is 0.573 e. The van der Waals surface area contributed by atoms with Gasteiger partial charge in [0.05, 0.1) is 5.69 Å². The topological polar surface area (TPSA) is 55.3 Å². The molecule has 0 aliphatic heterocycles. The van der Waals surface area contributed by atoms with Crippen molar-refractivity contribution in [2.24, 2.45) is 0 Å². The zero-order valence-electron chi connectivity index (χ0n) is 23.4. The van der Waals surface area contributed by atoms with Crippen LogP contribution in [0.1, 0.15) is 84.0 Å². The molecular formula is C29H39F4N3O2. The third-order valence-corrected chi connectivity index (χ3v) is 5.95. The van der Waals surface area contributed by atoms with Gasteiger partial charge in [0.1, 0.15) is 17.4 Å². The fourth-order valence-corrected chi connectivity index (χ4v) is 3.59. The lowest BCUT2D eigenvalue weighted by Crippen LogP contribution is -2.17. The highest BCUT2D eigenvalue weighted by Gasteiger charge is 2.31. The minimum Gasteiger partial charge on any atom is -0.406 e. The van der Waals surface area contributed by atoms with Gasteiger partial charge in [-0.05, 0) is 57.4 Å². The molecule has 0 amide bonds. The molecule has 1 aromatic carbocycles. The third kappa shape index (κ3) is 10.6. The van der Waals surface area contributed by atoms with Crippen molar-refractivity contribution in [3.63, 3.8) is 0 Å². The normalized spacial score (nSPS) is 12.3. The number of ketones is 1. The van der Waals surface area contributed by atoms with Gasteiger partial charge in [0.2, 0.25) is 0 Å². The Morgan fingerprint density at radius 3 is 2.16 bits per heavy atom. The molecule has 1 aromatic heterocycles. The highest BCUT2D eigenvalue weighted by atomic mass is 19.4. The van der Waals surface area contributed by atoms with Crippen molar-refractivity contribution in [3.8, 4) is 17.0 Å². The van der Waals surface area contributed by atoms with E-state index in [1.807, 2.05) is 18.9 Å². The number of aromatic nitrogens is 2. The molecule has 2 rings (SSSR count). The summed E-state index contributed by atoms with van der Waals surface area (Å²) < 4.78 is 52.9. The fraction of sp³-hybridized carbons (Fsp3) is 0.483. The van der Waals surface area contributed by atoms with Crippen molar-refractivity contribution in [1.29, 1.82) is 0 Å². The van der Waals surface area contributed by atoms with Gasteiger partial charge < -0.3 is 9.64 Å². The molecule has 9 heteroatoms. The third-order valence-electron chi connectivity index (χ3n) is 5.95. The number of nitrogens with zero attached hydrogens (tertiary/aromatic N) is 3. The minimum atomic E-state index is -4.72. The highest BCUT2D eigenvalue weighted by Crippen LogP contribution is 2.33. The van der Waals surface area contributed by atoms with Crippen molar-refractivity contribution < 1.29 is 27.1 Å². The zero-order valence-corrected chi connectivity index (χ0v) is 23.4. The number of halogens is 4. The number of carbonyl (C=O) groups is 1. The van der Waals surface area contributed by atoms with Crippen molar-refractivity contribution in [3.05, 3.63) is 59.8 Å². The largest absolute Gasteiger partial charge is 0.573 e. The molecule has 2 aromatic rings. The first kappa shape index (κ1) is 32.8. The standard InChI is InChI=1S/C25H34F3N3O.C4H5FO/c1-7-10-11-19(9-3)23-29-22(18(5)24(30-23)31(6)16-17(4)8-2)20-12-14-21(15-13-20)32-25(26,27)28;1-3(5)4(2)6/h12-16,19H,7-11H2,1-6H3;1H2,2H3/b17-16+;. The number of allylic oxidation sites excluding steroid dienone is 2. The molecule has 0 saturated carbocycles. The summed E-state index contributed by atoms with van der Waals surface area (Å²) in [7, 11) is 1.97. The van der Waals surface area contributed by atoms with Gasteiger partial charge in [0.15, 0.2) is 11.6 Å². The molecule has 0 saturated heterocycles. The number of carbonyl (C=O) groups excluding carboxylic acids is 1. The molecule has 0 N–H and O–H groups in total. The molecule has 0 aliphatic carbocycles. The molecule has 1 heterocycles. The summed E-state index contributed by atoms with van der Waals surface area (Å²) in [6, 6.07) is 5.88. The number of unbranched alkanes of at least 4 members (excludes halogenated alkanes) is 1. The Morgan fingerprint density at radius 2 is 1.71 bits per heavy atom. The first-order valence-electron chi connectivity index (χ1n) is 12.7. The average Bonchev–Trinajstić information content (AvgIpc) is 2.84. The van der Waals surface area contributed by atoms with E-state index in [0.29, 0.717) is 0 Å². The van der Waals surface area contributed by atoms with Gasteiger partial charge in [0, 0.05) is 37.2 Å². The van der Waals surface area contributed by atoms with Crippen LogP contribution < -0.4 is 9.64 Å². The number of rotatable bonds is 11. The Balaban J connectivity index is 0.00000107. The molecule has 1 unspecified atom stereocenters. The first-order chi connectivity index (χ1) is 17.7. The van der Waals surface area contributed by atoms with Gasteiger partial charge in [-0.25, -0.2) is 14.4 Å². The molecule has 210 valence electrons. The van der Waals surface area contributed by atoms with Gasteiger partial charge in [0.25, 0.3) is 0 Å². The van der Waals surface area contributed by atoms with Crippen LogP contribution in [0.15, 0.2) is 48.4 Å². The van der Waals surface area contributed by atoms with Crippen LogP contribution in [0.2, 0.25) is 0 Å². The number of benzene rings is 1. The number of Topliss-reactive ketones (excluding diaryl/α,β-unsaturated/α-hetero) is 1. The predicted molar refractivity (Wildman–Crippen MR) is 145 cm³/mol. The molecule has 0 fully saturated rings. The lowest BCUT2D eigenvalue weighted by atomic mass is 9.97. The van der Waals surface area contributed by atoms with Crippen LogP contribution in [0.5, 0.6) is 5.75 Å². The maximum absolute atomic E-state index is 12.5. The molecule has 0 bridgehead atoms. The molecule has 38 heavy (non-hydrogen) atoms. The average molecular weight is 538 g/mol. The highest BCUT2D eigenvalue weighted by molar-refractivity contribution is 5.90. The van der Waals surface area contributed by atoms with E-state index < -0.39 is 18.0 Å². The van der Waals surface area contributed by atoms with E-state index in [9.17, 15) is 22.4 Å². The summed E-state index contributed by atoms with van der Waals surface area (Å²) in [5.74, 6) is 0.0851. The fourth-order valence-electron chi connectivity index (χ4n) is 3.59. The lowest BCUT2D eigenvalue weighted by Gasteiger charge is -2.23. The van der Waals surface area contributed by atoms with Crippen molar-refractivity contribution in [2.45, 2.75) is 85.9 Å². The molecule has 0 aliphatic rings. The maximum atomic E-state index is 12.5. The number of ether oxygens (including phenoxy) is 1. The van der Waals surface area contributed by atoms with E-state index in [1.54, 1.807) is 12.1 Å². The summed E-state index contributed by atoms with van der Waals surface area (Å²) in [6.45, 7) is 14.3. The number of anilines is 1. The monoisotopic (exact) mass is 537 g/mol.